The van der Waals surface area contributed by atoms with E-state index in [-0.39, 0.29) is 23.5 Å². The molecule has 35 heavy (non-hydrogen) atoms. The standard InChI is InChI=1S/C29H33N3O2S/c1-3-17-34-28-27(31-26(33)20-35-2)24-9-4-5-10-25(24)29(28)12-15-32(16-13-29)19-22-8-6-7-21-18-30-14-11-23(21)22/h3-11,14,18,27-28H,1,12-13,15-17,19-20H2,2H3,(H,31,33)/t27-,28+/m1/s1. The van der Waals surface area contributed by atoms with E-state index < -0.39 is 0 Å². The molecule has 0 saturated carbocycles. The molecule has 3 aromatic rings. The monoisotopic (exact) mass is 487 g/mol. The first-order valence-corrected chi connectivity index (χ1v) is 13.7. The van der Waals surface area contributed by atoms with Gasteiger partial charge in [-0.2, -0.15) is 11.8 Å². The third-order valence-electron chi connectivity index (χ3n) is 7.58. The average molecular weight is 488 g/mol. The Hall–Kier alpha value is -2.67. The van der Waals surface area contributed by atoms with Crippen LogP contribution in [0.5, 0.6) is 0 Å². The summed E-state index contributed by atoms with van der Waals surface area (Å²) in [7, 11) is 0. The summed E-state index contributed by atoms with van der Waals surface area (Å²) in [6.07, 6.45) is 9.46. The van der Waals surface area contributed by atoms with Gasteiger partial charge in [-0.3, -0.25) is 14.7 Å². The van der Waals surface area contributed by atoms with E-state index >= 15 is 0 Å². The lowest BCUT2D eigenvalue weighted by Crippen LogP contribution is -2.50. The molecule has 2 heterocycles. The highest BCUT2D eigenvalue weighted by atomic mass is 32.2. The summed E-state index contributed by atoms with van der Waals surface area (Å²) in [6.45, 7) is 7.23. The van der Waals surface area contributed by atoms with Crippen LogP contribution in [-0.4, -0.2) is 53.6 Å². The Balaban J connectivity index is 1.40. The quantitative estimate of drug-likeness (QED) is 0.459. The van der Waals surface area contributed by atoms with Crippen LogP contribution in [0.15, 0.2) is 73.6 Å². The minimum absolute atomic E-state index is 0.0597. The van der Waals surface area contributed by atoms with Crippen LogP contribution in [0.3, 0.4) is 0 Å². The number of aromatic nitrogens is 1. The third-order valence-corrected chi connectivity index (χ3v) is 8.13. The maximum atomic E-state index is 12.6. The molecule has 1 amide bonds. The molecule has 2 aliphatic rings. The van der Waals surface area contributed by atoms with E-state index in [1.165, 1.54) is 27.5 Å². The van der Waals surface area contributed by atoms with Gasteiger partial charge in [0.1, 0.15) is 0 Å². The molecule has 5 nitrogen and oxygen atoms in total. The predicted octanol–water partition coefficient (Wildman–Crippen LogP) is 4.87. The summed E-state index contributed by atoms with van der Waals surface area (Å²) < 4.78 is 6.47. The lowest BCUT2D eigenvalue weighted by Gasteiger charge is -2.44. The van der Waals surface area contributed by atoms with Crippen molar-refractivity contribution in [1.82, 2.24) is 15.2 Å². The Morgan fingerprint density at radius 1 is 1.23 bits per heavy atom. The van der Waals surface area contributed by atoms with Crippen molar-refractivity contribution in [2.45, 2.75) is 36.9 Å². The second kappa shape index (κ2) is 10.5. The number of hydrogen-bond acceptors (Lipinski definition) is 5. The number of nitrogens with one attached hydrogen (secondary N) is 1. The molecule has 1 aliphatic carbocycles. The maximum absolute atomic E-state index is 12.6. The molecule has 6 heteroatoms. The van der Waals surface area contributed by atoms with Crippen molar-refractivity contribution in [1.29, 1.82) is 0 Å². The number of nitrogens with zero attached hydrogens (tertiary/aromatic N) is 2. The fourth-order valence-electron chi connectivity index (χ4n) is 6.02. The molecular formula is C29H33N3O2S. The highest BCUT2D eigenvalue weighted by Gasteiger charge is 2.54. The van der Waals surface area contributed by atoms with Crippen molar-refractivity contribution in [2.24, 2.45) is 0 Å². The molecule has 1 fully saturated rings. The third kappa shape index (κ3) is 4.63. The molecule has 182 valence electrons. The second-order valence-electron chi connectivity index (χ2n) is 9.55. The van der Waals surface area contributed by atoms with Gasteiger partial charge in [-0.1, -0.05) is 48.5 Å². The summed E-state index contributed by atoms with van der Waals surface area (Å²) in [5.74, 6) is 0.512. The molecule has 1 aromatic heterocycles. The SMILES string of the molecule is C=CCO[C@H]1[C@H](NC(=O)CSC)c2ccccc2C12CCN(Cc1cccc3cnccc13)CC2. The molecule has 1 spiro atoms. The highest BCUT2D eigenvalue weighted by Crippen LogP contribution is 2.52. The largest absolute Gasteiger partial charge is 0.371 e. The van der Waals surface area contributed by atoms with Crippen molar-refractivity contribution >= 4 is 28.4 Å². The fourth-order valence-corrected chi connectivity index (χ4v) is 6.36. The van der Waals surface area contributed by atoms with Gasteiger partial charge in [0.05, 0.1) is 24.5 Å². The lowest BCUT2D eigenvalue weighted by atomic mass is 9.71. The molecule has 0 unspecified atom stereocenters. The Morgan fingerprint density at radius 3 is 2.86 bits per heavy atom. The van der Waals surface area contributed by atoms with Crippen molar-refractivity contribution < 1.29 is 9.53 Å². The minimum Gasteiger partial charge on any atom is -0.371 e. The Labute approximate surface area is 212 Å². The zero-order chi connectivity index (χ0) is 24.3. The highest BCUT2D eigenvalue weighted by molar-refractivity contribution is 7.99. The number of likely N-dealkylation sites (tertiary alicyclic amines) is 1. The van der Waals surface area contributed by atoms with Crippen LogP contribution in [0.25, 0.3) is 10.8 Å². The average Bonchev–Trinajstić information content (AvgIpc) is 3.13. The van der Waals surface area contributed by atoms with Crippen molar-refractivity contribution in [3.8, 4) is 0 Å². The van der Waals surface area contributed by atoms with E-state index in [4.69, 9.17) is 4.74 Å². The van der Waals surface area contributed by atoms with Crippen LogP contribution in [0.1, 0.15) is 35.6 Å². The first-order valence-electron chi connectivity index (χ1n) is 12.3. The zero-order valence-corrected chi connectivity index (χ0v) is 21.1. The molecule has 2 atom stereocenters. The first kappa shape index (κ1) is 24.0. The number of pyridine rings is 1. The smallest absolute Gasteiger partial charge is 0.230 e. The number of rotatable bonds is 8. The summed E-state index contributed by atoms with van der Waals surface area (Å²) in [4.78, 5) is 19.5. The number of benzene rings is 2. The minimum atomic E-state index is -0.136. The van der Waals surface area contributed by atoms with Gasteiger partial charge in [0, 0.05) is 29.7 Å². The van der Waals surface area contributed by atoms with Crippen LogP contribution in [0, 0.1) is 0 Å². The van der Waals surface area contributed by atoms with E-state index in [0.29, 0.717) is 12.4 Å². The van der Waals surface area contributed by atoms with Gasteiger partial charge in [-0.05, 0) is 60.3 Å². The summed E-state index contributed by atoms with van der Waals surface area (Å²) >= 11 is 1.54. The molecular weight excluding hydrogens is 454 g/mol. The summed E-state index contributed by atoms with van der Waals surface area (Å²) in [5.41, 5.74) is 3.76. The number of piperidine rings is 1. The van der Waals surface area contributed by atoms with Crippen molar-refractivity contribution in [3.63, 3.8) is 0 Å². The van der Waals surface area contributed by atoms with Crippen molar-refractivity contribution in [2.75, 3.05) is 31.7 Å². The van der Waals surface area contributed by atoms with Gasteiger partial charge in [0.25, 0.3) is 0 Å². The predicted molar refractivity (Wildman–Crippen MR) is 144 cm³/mol. The molecule has 5 rings (SSSR count). The van der Waals surface area contributed by atoms with E-state index in [1.54, 1.807) is 11.8 Å². The number of fused-ring (bicyclic) bond motifs is 3. The van der Waals surface area contributed by atoms with Crippen molar-refractivity contribution in [3.05, 3.63) is 90.3 Å². The van der Waals surface area contributed by atoms with E-state index in [1.807, 2.05) is 24.7 Å². The zero-order valence-electron chi connectivity index (χ0n) is 20.3. The van der Waals surface area contributed by atoms with E-state index in [0.717, 1.165) is 32.5 Å². The summed E-state index contributed by atoms with van der Waals surface area (Å²) in [5, 5.41) is 5.76. The van der Waals surface area contributed by atoms with Gasteiger partial charge < -0.3 is 10.1 Å². The normalized spacial score (nSPS) is 21.2. The Bertz CT molecular complexity index is 1200. The molecule has 1 N–H and O–H groups in total. The number of carbonyl (C=O) groups is 1. The number of carbonyl (C=O) groups excluding carboxylic acids is 1. The van der Waals surface area contributed by atoms with E-state index in [9.17, 15) is 4.79 Å². The molecule has 0 radical (unpaired) electrons. The Morgan fingerprint density at radius 2 is 2.06 bits per heavy atom. The van der Waals surface area contributed by atoms with Gasteiger partial charge in [-0.15, -0.1) is 6.58 Å². The van der Waals surface area contributed by atoms with E-state index in [2.05, 4.69) is 70.3 Å². The first-order chi connectivity index (χ1) is 17.2. The van der Waals surface area contributed by atoms with Crippen LogP contribution < -0.4 is 5.32 Å². The van der Waals surface area contributed by atoms with Crippen LogP contribution in [0.4, 0.5) is 0 Å². The number of amides is 1. The van der Waals surface area contributed by atoms with Crippen LogP contribution >= 0.6 is 11.8 Å². The number of hydrogen-bond donors (Lipinski definition) is 1. The van der Waals surface area contributed by atoms with Gasteiger partial charge in [-0.25, -0.2) is 0 Å². The van der Waals surface area contributed by atoms with Gasteiger partial charge >= 0.3 is 0 Å². The maximum Gasteiger partial charge on any atom is 0.230 e. The molecule has 1 aliphatic heterocycles. The number of thioether (sulfide) groups is 1. The van der Waals surface area contributed by atoms with Crippen LogP contribution in [-0.2, 0) is 21.5 Å². The molecule has 1 saturated heterocycles. The van der Waals surface area contributed by atoms with Gasteiger partial charge in [0.2, 0.25) is 5.91 Å². The molecule has 2 aromatic carbocycles. The number of ether oxygens (including phenoxy) is 1. The fraction of sp³-hybridized carbons (Fsp3) is 0.379. The Kier molecular flexibility index (Phi) is 7.23. The molecule has 0 bridgehead atoms. The lowest BCUT2D eigenvalue weighted by molar-refractivity contribution is -0.121. The second-order valence-corrected chi connectivity index (χ2v) is 10.4. The summed E-state index contributed by atoms with van der Waals surface area (Å²) in [6, 6.07) is 17.0. The van der Waals surface area contributed by atoms with Gasteiger partial charge in [0.15, 0.2) is 0 Å². The van der Waals surface area contributed by atoms with Crippen LogP contribution in [0.2, 0.25) is 0 Å². The topological polar surface area (TPSA) is 54.5 Å².